The number of anilines is 1. The van der Waals surface area contributed by atoms with Crippen LogP contribution in [0.25, 0.3) is 10.9 Å². The Labute approximate surface area is 190 Å². The maximum atomic E-state index is 14.2. The number of piperidine rings is 1. The van der Waals surface area contributed by atoms with E-state index in [1.807, 2.05) is 11.8 Å². The van der Waals surface area contributed by atoms with Gasteiger partial charge in [0.15, 0.2) is 0 Å². The highest BCUT2D eigenvalue weighted by Crippen LogP contribution is 2.34. The van der Waals surface area contributed by atoms with Crippen LogP contribution in [-0.4, -0.2) is 41.5 Å². The van der Waals surface area contributed by atoms with Gasteiger partial charge in [0.05, 0.1) is 22.9 Å². The van der Waals surface area contributed by atoms with Gasteiger partial charge in [0, 0.05) is 36.3 Å². The Hall–Kier alpha value is -3.37. The fourth-order valence-corrected chi connectivity index (χ4v) is 4.19. The second-order valence-electron chi connectivity index (χ2n) is 7.58. The van der Waals surface area contributed by atoms with E-state index in [0.717, 1.165) is 5.75 Å². The zero-order chi connectivity index (χ0) is 22.7. The molecule has 4 rings (SSSR count). The molecule has 0 aliphatic carbocycles. The summed E-state index contributed by atoms with van der Waals surface area (Å²) < 4.78 is 19.7. The van der Waals surface area contributed by atoms with Crippen LogP contribution in [-0.2, 0) is 0 Å². The van der Waals surface area contributed by atoms with Crippen LogP contribution >= 0.6 is 11.6 Å². The molecular formula is C24H22ClFN4O2. The maximum absolute atomic E-state index is 14.2. The molecule has 1 saturated heterocycles. The SMILES string of the molecule is CCOc1ccc(C(=O)N2CCC(Nc3c(C#N)cnc4c(F)ccc(Cl)c34)CC2)cc1. The van der Waals surface area contributed by atoms with Gasteiger partial charge in [0.1, 0.15) is 23.2 Å². The molecule has 0 radical (unpaired) electrons. The van der Waals surface area contributed by atoms with E-state index in [-0.39, 0.29) is 17.5 Å². The molecule has 0 saturated carbocycles. The Bertz CT molecular complexity index is 1190. The van der Waals surface area contributed by atoms with Gasteiger partial charge in [0.25, 0.3) is 5.91 Å². The van der Waals surface area contributed by atoms with E-state index in [2.05, 4.69) is 16.4 Å². The molecule has 164 valence electrons. The fourth-order valence-electron chi connectivity index (χ4n) is 3.94. The van der Waals surface area contributed by atoms with E-state index in [1.54, 1.807) is 24.3 Å². The second kappa shape index (κ2) is 9.41. The van der Waals surface area contributed by atoms with Crippen molar-refractivity contribution in [1.82, 2.24) is 9.88 Å². The van der Waals surface area contributed by atoms with E-state index in [4.69, 9.17) is 16.3 Å². The molecule has 1 aliphatic rings. The summed E-state index contributed by atoms with van der Waals surface area (Å²) in [4.78, 5) is 18.7. The average Bonchev–Trinajstić information content (AvgIpc) is 2.82. The number of carbonyl (C=O) groups is 1. The van der Waals surface area contributed by atoms with Crippen molar-refractivity contribution in [2.24, 2.45) is 0 Å². The number of aromatic nitrogens is 1. The minimum Gasteiger partial charge on any atom is -0.494 e. The number of hydrogen-bond acceptors (Lipinski definition) is 5. The normalized spacial score (nSPS) is 14.2. The summed E-state index contributed by atoms with van der Waals surface area (Å²) in [5.74, 6) is 0.219. The summed E-state index contributed by atoms with van der Waals surface area (Å²) in [6.07, 6.45) is 2.73. The average molecular weight is 453 g/mol. The Morgan fingerprint density at radius 3 is 2.66 bits per heavy atom. The summed E-state index contributed by atoms with van der Waals surface area (Å²) in [7, 11) is 0. The standard InChI is InChI=1S/C24H22ClFN4O2/c1-2-32-18-5-3-15(4-6-18)24(31)30-11-9-17(10-12-30)29-22-16(13-27)14-28-23-20(26)8-7-19(25)21(22)23/h3-8,14,17H,2,9-12H2,1H3,(H,28,29). The van der Waals surface area contributed by atoms with Crippen LogP contribution in [0.5, 0.6) is 5.75 Å². The quantitative estimate of drug-likeness (QED) is 0.588. The number of halogens is 2. The second-order valence-corrected chi connectivity index (χ2v) is 7.99. The number of pyridine rings is 1. The van der Waals surface area contributed by atoms with Crippen LogP contribution in [0.4, 0.5) is 10.1 Å². The Kier molecular flexibility index (Phi) is 6.42. The molecule has 0 spiro atoms. The lowest BCUT2D eigenvalue weighted by atomic mass is 10.0. The van der Waals surface area contributed by atoms with Crippen molar-refractivity contribution in [3.63, 3.8) is 0 Å². The van der Waals surface area contributed by atoms with Crippen LogP contribution in [0.2, 0.25) is 5.02 Å². The van der Waals surface area contributed by atoms with Crippen LogP contribution in [0.1, 0.15) is 35.7 Å². The zero-order valence-electron chi connectivity index (χ0n) is 17.6. The minimum atomic E-state index is -0.493. The number of ether oxygens (including phenoxy) is 1. The topological polar surface area (TPSA) is 78.2 Å². The van der Waals surface area contributed by atoms with Crippen molar-refractivity contribution in [1.29, 1.82) is 5.26 Å². The van der Waals surface area contributed by atoms with Gasteiger partial charge in [-0.05, 0) is 56.2 Å². The third-order valence-corrected chi connectivity index (χ3v) is 5.90. The fraction of sp³-hybridized carbons (Fsp3) is 0.292. The summed E-state index contributed by atoms with van der Waals surface area (Å²) in [6.45, 7) is 3.62. The van der Waals surface area contributed by atoms with Crippen molar-refractivity contribution < 1.29 is 13.9 Å². The number of nitrogens with one attached hydrogen (secondary N) is 1. The van der Waals surface area contributed by atoms with Gasteiger partial charge < -0.3 is 15.0 Å². The lowest BCUT2D eigenvalue weighted by Gasteiger charge is -2.33. The van der Waals surface area contributed by atoms with Crippen LogP contribution in [0.15, 0.2) is 42.6 Å². The van der Waals surface area contributed by atoms with E-state index < -0.39 is 5.82 Å². The molecular weight excluding hydrogens is 431 g/mol. The highest BCUT2D eigenvalue weighted by Gasteiger charge is 2.25. The molecule has 8 heteroatoms. The highest BCUT2D eigenvalue weighted by molar-refractivity contribution is 6.36. The lowest BCUT2D eigenvalue weighted by molar-refractivity contribution is 0.0718. The zero-order valence-corrected chi connectivity index (χ0v) is 18.3. The van der Waals surface area contributed by atoms with Gasteiger partial charge >= 0.3 is 0 Å². The molecule has 0 bridgehead atoms. The summed E-state index contributed by atoms with van der Waals surface area (Å²) in [6, 6.07) is 12.0. The predicted octanol–water partition coefficient (Wildman–Crippen LogP) is 5.01. The molecule has 1 fully saturated rings. The first-order valence-corrected chi connectivity index (χ1v) is 10.8. The number of benzene rings is 2. The smallest absolute Gasteiger partial charge is 0.253 e. The molecule has 0 atom stereocenters. The first kappa shape index (κ1) is 21.8. The van der Waals surface area contributed by atoms with Gasteiger partial charge in [-0.3, -0.25) is 9.78 Å². The van der Waals surface area contributed by atoms with Gasteiger partial charge in [0.2, 0.25) is 0 Å². The van der Waals surface area contributed by atoms with E-state index in [9.17, 15) is 14.4 Å². The number of amides is 1. The van der Waals surface area contributed by atoms with Crippen molar-refractivity contribution >= 4 is 34.1 Å². The number of nitrogens with zero attached hydrogens (tertiary/aromatic N) is 3. The molecule has 32 heavy (non-hydrogen) atoms. The minimum absolute atomic E-state index is 0.0106. The van der Waals surface area contributed by atoms with Crippen LogP contribution in [0.3, 0.4) is 0 Å². The summed E-state index contributed by atoms with van der Waals surface area (Å²) in [5, 5.41) is 13.6. The summed E-state index contributed by atoms with van der Waals surface area (Å²) in [5.41, 5.74) is 1.53. The Morgan fingerprint density at radius 2 is 2.00 bits per heavy atom. The first-order chi connectivity index (χ1) is 15.5. The van der Waals surface area contributed by atoms with Gasteiger partial charge in [-0.2, -0.15) is 5.26 Å². The monoisotopic (exact) mass is 452 g/mol. The molecule has 1 N–H and O–H groups in total. The van der Waals surface area contributed by atoms with Gasteiger partial charge in [-0.25, -0.2) is 4.39 Å². The molecule has 0 unspecified atom stereocenters. The number of rotatable bonds is 5. The third-order valence-electron chi connectivity index (χ3n) is 5.58. The van der Waals surface area contributed by atoms with E-state index in [1.165, 1.54) is 18.3 Å². The number of nitriles is 1. The van der Waals surface area contributed by atoms with Crippen molar-refractivity contribution in [3.8, 4) is 11.8 Å². The molecule has 6 nitrogen and oxygen atoms in total. The Balaban J connectivity index is 1.48. The lowest BCUT2D eigenvalue weighted by Crippen LogP contribution is -2.42. The van der Waals surface area contributed by atoms with Crippen molar-refractivity contribution in [2.45, 2.75) is 25.8 Å². The molecule has 1 amide bonds. The first-order valence-electron chi connectivity index (χ1n) is 10.5. The molecule has 2 heterocycles. The van der Waals surface area contributed by atoms with Crippen LogP contribution in [0, 0.1) is 17.1 Å². The number of hydrogen-bond donors (Lipinski definition) is 1. The van der Waals surface area contributed by atoms with Crippen molar-refractivity contribution in [2.75, 3.05) is 25.0 Å². The third kappa shape index (κ3) is 4.32. The maximum Gasteiger partial charge on any atom is 0.253 e. The molecule has 1 aromatic heterocycles. The molecule has 2 aromatic carbocycles. The molecule has 3 aromatic rings. The largest absolute Gasteiger partial charge is 0.494 e. The highest BCUT2D eigenvalue weighted by atomic mass is 35.5. The van der Waals surface area contributed by atoms with E-state index >= 15 is 0 Å². The number of likely N-dealkylation sites (tertiary alicyclic amines) is 1. The van der Waals surface area contributed by atoms with Gasteiger partial charge in [-0.15, -0.1) is 0 Å². The van der Waals surface area contributed by atoms with Crippen LogP contribution < -0.4 is 10.1 Å². The number of fused-ring (bicyclic) bond motifs is 1. The Morgan fingerprint density at radius 1 is 1.28 bits per heavy atom. The van der Waals surface area contributed by atoms with E-state index in [0.29, 0.717) is 59.8 Å². The predicted molar refractivity (Wildman–Crippen MR) is 122 cm³/mol. The summed E-state index contributed by atoms with van der Waals surface area (Å²) >= 11 is 6.33. The molecule has 1 aliphatic heterocycles. The van der Waals surface area contributed by atoms with Crippen molar-refractivity contribution in [3.05, 3.63) is 64.6 Å². The number of carbonyl (C=O) groups excluding carboxylic acids is 1. The van der Waals surface area contributed by atoms with Gasteiger partial charge in [-0.1, -0.05) is 11.6 Å².